The van der Waals surface area contributed by atoms with Gasteiger partial charge in [-0.2, -0.15) is 0 Å². The van der Waals surface area contributed by atoms with Crippen LogP contribution >= 0.6 is 12.2 Å². The maximum Gasteiger partial charge on any atom is 0.336 e. The number of allylic oxidation sites excluding steroid dienone is 1. The quantitative estimate of drug-likeness (QED) is 0.637. The van der Waals surface area contributed by atoms with E-state index in [1.807, 2.05) is 0 Å². The molecule has 0 bridgehead atoms. The Morgan fingerprint density at radius 1 is 1.71 bits per heavy atom. The number of hydrogen-bond donors (Lipinski definition) is 1. The number of hydrazine groups is 1. The lowest BCUT2D eigenvalue weighted by Crippen LogP contribution is -2.49. The van der Waals surface area contributed by atoms with Gasteiger partial charge in [0.05, 0.1) is 6.42 Å². The highest BCUT2D eigenvalue weighted by Crippen LogP contribution is 2.08. The zero-order chi connectivity index (χ0) is 10.7. The van der Waals surface area contributed by atoms with Crippen LogP contribution in [-0.4, -0.2) is 40.9 Å². The van der Waals surface area contributed by atoms with Gasteiger partial charge < -0.3 is 5.32 Å². The fourth-order valence-electron chi connectivity index (χ4n) is 1.05. The first-order valence-electron chi connectivity index (χ1n) is 4.04. The molecule has 1 heterocycles. The van der Waals surface area contributed by atoms with E-state index in [9.17, 15) is 9.59 Å². The van der Waals surface area contributed by atoms with Crippen molar-refractivity contribution in [3.8, 4) is 0 Å². The minimum atomic E-state index is -0.351. The molecule has 0 atom stereocenters. The minimum Gasteiger partial charge on any atom is -0.340 e. The first-order chi connectivity index (χ1) is 6.56. The highest BCUT2D eigenvalue weighted by molar-refractivity contribution is 7.80. The van der Waals surface area contributed by atoms with Crippen LogP contribution in [0.5, 0.6) is 0 Å². The summed E-state index contributed by atoms with van der Waals surface area (Å²) in [6.45, 7) is 0. The first kappa shape index (κ1) is 10.6. The smallest absolute Gasteiger partial charge is 0.336 e. The Kier molecular flexibility index (Phi) is 3.19. The number of thiocarbonyl (C=S) groups is 1. The molecule has 0 saturated heterocycles. The van der Waals surface area contributed by atoms with Gasteiger partial charge in [-0.15, -0.1) is 0 Å². The monoisotopic (exact) mass is 213 g/mol. The molecule has 1 aliphatic rings. The molecule has 6 heteroatoms. The predicted octanol–water partition coefficient (Wildman–Crippen LogP) is 0.288. The summed E-state index contributed by atoms with van der Waals surface area (Å²) in [6, 6.07) is -0.351. The number of urea groups is 1. The van der Waals surface area contributed by atoms with Crippen molar-refractivity contribution in [1.82, 2.24) is 15.3 Å². The normalized spacial score (nSPS) is 15.7. The average Bonchev–Trinajstić information content (AvgIpc) is 2.15. The Hall–Kier alpha value is -1.43. The van der Waals surface area contributed by atoms with Crippen molar-refractivity contribution in [3.63, 3.8) is 0 Å². The van der Waals surface area contributed by atoms with Crippen molar-refractivity contribution in [1.29, 1.82) is 0 Å². The number of carbonyl (C=O) groups excluding carboxylic acids is 2. The van der Waals surface area contributed by atoms with Crippen LogP contribution in [-0.2, 0) is 4.79 Å². The molecule has 0 unspecified atom stereocenters. The maximum absolute atomic E-state index is 11.4. The van der Waals surface area contributed by atoms with E-state index in [4.69, 9.17) is 12.2 Å². The Morgan fingerprint density at radius 3 is 2.86 bits per heavy atom. The van der Waals surface area contributed by atoms with E-state index < -0.39 is 0 Å². The number of hydrogen-bond acceptors (Lipinski definition) is 3. The van der Waals surface area contributed by atoms with Crippen LogP contribution in [0.15, 0.2) is 12.3 Å². The zero-order valence-corrected chi connectivity index (χ0v) is 8.80. The van der Waals surface area contributed by atoms with Gasteiger partial charge in [0.25, 0.3) is 5.91 Å². The highest BCUT2D eigenvalue weighted by atomic mass is 32.1. The van der Waals surface area contributed by atoms with Crippen LogP contribution in [0, 0.1) is 0 Å². The second kappa shape index (κ2) is 4.19. The van der Waals surface area contributed by atoms with Gasteiger partial charge in [-0.3, -0.25) is 4.79 Å². The molecule has 0 aliphatic carbocycles. The number of amides is 3. The van der Waals surface area contributed by atoms with Gasteiger partial charge in [0, 0.05) is 25.2 Å². The lowest BCUT2D eigenvalue weighted by Gasteiger charge is -2.30. The lowest BCUT2D eigenvalue weighted by atomic mass is 10.2. The highest BCUT2D eigenvalue weighted by Gasteiger charge is 2.23. The van der Waals surface area contributed by atoms with E-state index in [2.05, 4.69) is 5.32 Å². The fraction of sp³-hybridized carbons (Fsp3) is 0.375. The molecule has 0 spiro atoms. The third kappa shape index (κ3) is 2.08. The maximum atomic E-state index is 11.4. The third-order valence-corrected chi connectivity index (χ3v) is 2.09. The van der Waals surface area contributed by atoms with Crippen LogP contribution in [0.1, 0.15) is 6.42 Å². The molecule has 76 valence electrons. The second-order valence-corrected chi connectivity index (χ2v) is 3.30. The number of nitrogens with one attached hydrogen (secondary N) is 1. The summed E-state index contributed by atoms with van der Waals surface area (Å²) in [5, 5.41) is 4.85. The summed E-state index contributed by atoms with van der Waals surface area (Å²) in [6.07, 6.45) is 3.30. The summed E-state index contributed by atoms with van der Waals surface area (Å²) >= 11 is 4.86. The third-order valence-electron chi connectivity index (χ3n) is 1.81. The Morgan fingerprint density at radius 2 is 2.36 bits per heavy atom. The van der Waals surface area contributed by atoms with Crippen molar-refractivity contribution in [2.75, 3.05) is 14.1 Å². The molecule has 14 heavy (non-hydrogen) atoms. The van der Waals surface area contributed by atoms with Gasteiger partial charge in [-0.05, 0) is 6.08 Å². The molecule has 0 saturated carbocycles. The van der Waals surface area contributed by atoms with E-state index in [-0.39, 0.29) is 18.4 Å². The second-order valence-electron chi connectivity index (χ2n) is 2.78. The van der Waals surface area contributed by atoms with Gasteiger partial charge >= 0.3 is 6.03 Å². The molecule has 0 fully saturated rings. The van der Waals surface area contributed by atoms with Crippen molar-refractivity contribution >= 4 is 29.0 Å². The van der Waals surface area contributed by atoms with E-state index in [0.29, 0.717) is 4.86 Å². The molecule has 0 aromatic carbocycles. The molecule has 3 amide bonds. The summed E-state index contributed by atoms with van der Waals surface area (Å²) in [4.78, 5) is 23.2. The SMILES string of the molecule is CNC(=O)N(C)N1C=CC(=S)CC1=O. The van der Waals surface area contributed by atoms with Crippen LogP contribution in [0.3, 0.4) is 0 Å². The van der Waals surface area contributed by atoms with Crippen molar-refractivity contribution in [3.05, 3.63) is 12.3 Å². The summed E-state index contributed by atoms with van der Waals surface area (Å²) in [7, 11) is 3.01. The molecule has 0 aromatic rings. The molecular formula is C8H11N3O2S. The van der Waals surface area contributed by atoms with E-state index in [1.54, 1.807) is 6.08 Å². The topological polar surface area (TPSA) is 52.7 Å². The van der Waals surface area contributed by atoms with E-state index >= 15 is 0 Å². The number of carbonyl (C=O) groups is 2. The van der Waals surface area contributed by atoms with Gasteiger partial charge in [-0.1, -0.05) is 12.2 Å². The Bertz CT molecular complexity index is 314. The van der Waals surface area contributed by atoms with Gasteiger partial charge in [0.15, 0.2) is 0 Å². The van der Waals surface area contributed by atoms with Crippen LogP contribution in [0.4, 0.5) is 4.79 Å². The zero-order valence-electron chi connectivity index (χ0n) is 7.98. The molecule has 0 aromatic heterocycles. The molecule has 1 rings (SSSR count). The summed E-state index contributed by atoms with van der Waals surface area (Å²) in [5.74, 6) is -0.205. The molecule has 1 aliphatic heterocycles. The summed E-state index contributed by atoms with van der Waals surface area (Å²) < 4.78 is 0. The van der Waals surface area contributed by atoms with E-state index in [1.165, 1.54) is 30.3 Å². The van der Waals surface area contributed by atoms with Crippen molar-refractivity contribution in [2.24, 2.45) is 0 Å². The van der Waals surface area contributed by atoms with Gasteiger partial charge in [-0.25, -0.2) is 14.8 Å². The lowest BCUT2D eigenvalue weighted by molar-refractivity contribution is -0.136. The standard InChI is InChI=1S/C8H11N3O2S/c1-9-8(13)10(2)11-4-3-6(14)5-7(11)12/h3-4H,5H2,1-2H3,(H,9,13). The minimum absolute atomic E-state index is 0.174. The van der Waals surface area contributed by atoms with Crippen LogP contribution < -0.4 is 5.32 Å². The molecular weight excluding hydrogens is 202 g/mol. The molecule has 0 radical (unpaired) electrons. The fourth-order valence-corrected chi connectivity index (χ4v) is 1.24. The molecule has 1 N–H and O–H groups in total. The largest absolute Gasteiger partial charge is 0.340 e. The number of nitrogens with zero attached hydrogens (tertiary/aromatic N) is 2. The summed E-state index contributed by atoms with van der Waals surface area (Å²) in [5.41, 5.74) is 0. The average molecular weight is 213 g/mol. The Labute approximate surface area is 87.3 Å². The van der Waals surface area contributed by atoms with Crippen molar-refractivity contribution in [2.45, 2.75) is 6.42 Å². The van der Waals surface area contributed by atoms with Gasteiger partial charge in [0.2, 0.25) is 0 Å². The predicted molar refractivity (Wildman–Crippen MR) is 55.4 cm³/mol. The van der Waals surface area contributed by atoms with Gasteiger partial charge in [0.1, 0.15) is 0 Å². The van der Waals surface area contributed by atoms with Crippen LogP contribution in [0.2, 0.25) is 0 Å². The Balaban J connectivity index is 2.78. The van der Waals surface area contributed by atoms with Crippen molar-refractivity contribution < 1.29 is 9.59 Å². The van der Waals surface area contributed by atoms with E-state index in [0.717, 1.165) is 0 Å². The molecule has 5 nitrogen and oxygen atoms in total. The number of rotatable bonds is 1. The van der Waals surface area contributed by atoms with Crippen LogP contribution in [0.25, 0.3) is 0 Å². The first-order valence-corrected chi connectivity index (χ1v) is 4.45.